The Kier molecular flexibility index (Phi) is 3.03. The van der Waals surface area contributed by atoms with E-state index in [1.165, 1.54) is 7.11 Å². The largest absolute Gasteiger partial charge is 0.497 e. The number of halogens is 3. The average molecular weight is 245 g/mol. The molecule has 5 heteroatoms. The van der Waals surface area contributed by atoms with E-state index in [9.17, 15) is 13.2 Å². The van der Waals surface area contributed by atoms with Gasteiger partial charge in [-0.05, 0) is 42.5 Å². The Bertz CT molecular complexity index is 413. The monoisotopic (exact) mass is 245 g/mol. The van der Waals surface area contributed by atoms with Crippen molar-refractivity contribution in [2.45, 2.75) is 25.1 Å². The zero-order valence-electron chi connectivity index (χ0n) is 9.42. The molecule has 0 amide bonds. The summed E-state index contributed by atoms with van der Waals surface area (Å²) in [4.78, 5) is 0. The normalized spacial score (nSPS) is 17.9. The SMILES string of the molecule is COc1cc([C@H](N)C2CC2)cc(C(F)(F)F)c1. The van der Waals surface area contributed by atoms with Crippen molar-refractivity contribution in [3.63, 3.8) is 0 Å². The minimum Gasteiger partial charge on any atom is -0.497 e. The highest BCUT2D eigenvalue weighted by Gasteiger charge is 2.34. The Labute approximate surface area is 97.6 Å². The van der Waals surface area contributed by atoms with Crippen molar-refractivity contribution in [1.29, 1.82) is 0 Å². The lowest BCUT2D eigenvalue weighted by Gasteiger charge is -2.15. The van der Waals surface area contributed by atoms with Crippen LogP contribution in [-0.4, -0.2) is 7.11 Å². The fourth-order valence-electron chi connectivity index (χ4n) is 1.82. The van der Waals surface area contributed by atoms with Crippen LogP contribution in [0.1, 0.15) is 30.0 Å². The van der Waals surface area contributed by atoms with Crippen LogP contribution in [0.25, 0.3) is 0 Å². The van der Waals surface area contributed by atoms with Gasteiger partial charge < -0.3 is 10.5 Å². The molecule has 1 atom stereocenters. The van der Waals surface area contributed by atoms with Crippen molar-refractivity contribution in [3.8, 4) is 5.75 Å². The van der Waals surface area contributed by atoms with Crippen LogP contribution in [0.2, 0.25) is 0 Å². The minimum atomic E-state index is -4.37. The molecule has 0 radical (unpaired) electrons. The van der Waals surface area contributed by atoms with Gasteiger partial charge in [0.15, 0.2) is 0 Å². The number of ether oxygens (including phenoxy) is 1. The second-order valence-electron chi connectivity index (χ2n) is 4.36. The van der Waals surface area contributed by atoms with Crippen LogP contribution in [0.5, 0.6) is 5.75 Å². The Morgan fingerprint density at radius 3 is 2.41 bits per heavy atom. The van der Waals surface area contributed by atoms with Gasteiger partial charge in [-0.15, -0.1) is 0 Å². The number of hydrogen-bond donors (Lipinski definition) is 1. The topological polar surface area (TPSA) is 35.2 Å². The van der Waals surface area contributed by atoms with Gasteiger partial charge in [0, 0.05) is 6.04 Å². The van der Waals surface area contributed by atoms with Crippen molar-refractivity contribution in [2.24, 2.45) is 11.7 Å². The highest BCUT2D eigenvalue weighted by Crippen LogP contribution is 2.41. The number of methoxy groups -OCH3 is 1. The van der Waals surface area contributed by atoms with Crippen LogP contribution in [-0.2, 0) is 6.18 Å². The molecular formula is C12H14F3NO. The number of hydrogen-bond acceptors (Lipinski definition) is 2. The summed E-state index contributed by atoms with van der Waals surface area (Å²) < 4.78 is 42.9. The fraction of sp³-hybridized carbons (Fsp3) is 0.500. The first kappa shape index (κ1) is 12.2. The summed E-state index contributed by atoms with van der Waals surface area (Å²) in [6.45, 7) is 0. The molecule has 2 rings (SSSR count). The van der Waals surface area contributed by atoms with Gasteiger partial charge in [0.05, 0.1) is 12.7 Å². The van der Waals surface area contributed by atoms with Crippen molar-refractivity contribution < 1.29 is 17.9 Å². The van der Waals surface area contributed by atoms with Gasteiger partial charge in [-0.3, -0.25) is 0 Å². The smallest absolute Gasteiger partial charge is 0.416 e. The summed E-state index contributed by atoms with van der Waals surface area (Å²) in [5, 5.41) is 0. The van der Waals surface area contributed by atoms with E-state index < -0.39 is 11.7 Å². The molecule has 0 bridgehead atoms. The molecule has 1 aliphatic carbocycles. The Morgan fingerprint density at radius 2 is 1.94 bits per heavy atom. The predicted octanol–water partition coefficient (Wildman–Crippen LogP) is 3.12. The van der Waals surface area contributed by atoms with E-state index >= 15 is 0 Å². The molecule has 1 aromatic rings. The first-order chi connectivity index (χ1) is 7.91. The lowest BCUT2D eigenvalue weighted by molar-refractivity contribution is -0.137. The first-order valence-corrected chi connectivity index (χ1v) is 5.43. The molecule has 94 valence electrons. The van der Waals surface area contributed by atoms with E-state index in [0.29, 0.717) is 11.5 Å². The van der Waals surface area contributed by atoms with E-state index in [-0.39, 0.29) is 11.8 Å². The quantitative estimate of drug-likeness (QED) is 0.888. The van der Waals surface area contributed by atoms with Gasteiger partial charge in [-0.25, -0.2) is 0 Å². The highest BCUT2D eigenvalue weighted by atomic mass is 19.4. The lowest BCUT2D eigenvalue weighted by Crippen LogP contribution is -2.14. The lowest BCUT2D eigenvalue weighted by atomic mass is 10.0. The van der Waals surface area contributed by atoms with Crippen LogP contribution >= 0.6 is 0 Å². The molecule has 17 heavy (non-hydrogen) atoms. The van der Waals surface area contributed by atoms with Gasteiger partial charge in [-0.2, -0.15) is 13.2 Å². The standard InChI is InChI=1S/C12H14F3NO/c1-17-10-5-8(11(16)7-2-3-7)4-9(6-10)12(13,14)15/h4-7,11H,2-3,16H2,1H3/t11-/m1/s1. The molecule has 0 aliphatic heterocycles. The second kappa shape index (κ2) is 4.22. The molecule has 0 saturated heterocycles. The summed E-state index contributed by atoms with van der Waals surface area (Å²) in [6.07, 6.45) is -2.40. The fourth-order valence-corrected chi connectivity index (χ4v) is 1.82. The van der Waals surface area contributed by atoms with Crippen LogP contribution in [0.3, 0.4) is 0 Å². The second-order valence-corrected chi connectivity index (χ2v) is 4.36. The number of alkyl halides is 3. The van der Waals surface area contributed by atoms with Crippen LogP contribution in [0.4, 0.5) is 13.2 Å². The van der Waals surface area contributed by atoms with Crippen LogP contribution in [0, 0.1) is 5.92 Å². The van der Waals surface area contributed by atoms with E-state index in [1.807, 2.05) is 0 Å². The minimum absolute atomic E-state index is 0.200. The van der Waals surface area contributed by atoms with Crippen molar-refractivity contribution in [1.82, 2.24) is 0 Å². The maximum Gasteiger partial charge on any atom is 0.416 e. The molecule has 1 aliphatic rings. The van der Waals surface area contributed by atoms with E-state index in [4.69, 9.17) is 10.5 Å². The molecular weight excluding hydrogens is 231 g/mol. The summed E-state index contributed by atoms with van der Waals surface area (Å²) in [7, 11) is 1.35. The molecule has 2 N–H and O–H groups in total. The van der Waals surface area contributed by atoms with E-state index in [2.05, 4.69) is 0 Å². The number of rotatable bonds is 3. The van der Waals surface area contributed by atoms with Gasteiger partial charge in [-0.1, -0.05) is 0 Å². The van der Waals surface area contributed by atoms with Crippen molar-refractivity contribution in [2.75, 3.05) is 7.11 Å². The number of benzene rings is 1. The molecule has 1 fully saturated rings. The molecule has 0 unspecified atom stereocenters. The maximum absolute atomic E-state index is 12.7. The molecule has 0 aromatic heterocycles. The molecule has 0 heterocycles. The van der Waals surface area contributed by atoms with Gasteiger partial charge in [0.1, 0.15) is 5.75 Å². The molecule has 1 saturated carbocycles. The average Bonchev–Trinajstić information content (AvgIpc) is 3.10. The third-order valence-electron chi connectivity index (χ3n) is 3.01. The zero-order chi connectivity index (χ0) is 12.6. The summed E-state index contributed by atoms with van der Waals surface area (Å²) in [6, 6.07) is 3.36. The maximum atomic E-state index is 12.7. The van der Waals surface area contributed by atoms with Crippen molar-refractivity contribution in [3.05, 3.63) is 29.3 Å². The summed E-state index contributed by atoms with van der Waals surface area (Å²) in [5.74, 6) is 0.508. The Balaban J connectivity index is 2.37. The Hall–Kier alpha value is -1.23. The van der Waals surface area contributed by atoms with Gasteiger partial charge in [0.2, 0.25) is 0 Å². The zero-order valence-corrected chi connectivity index (χ0v) is 9.42. The first-order valence-electron chi connectivity index (χ1n) is 5.43. The number of nitrogens with two attached hydrogens (primary N) is 1. The van der Waals surface area contributed by atoms with Gasteiger partial charge in [0.25, 0.3) is 0 Å². The van der Waals surface area contributed by atoms with Crippen LogP contribution < -0.4 is 10.5 Å². The molecule has 2 nitrogen and oxygen atoms in total. The summed E-state index contributed by atoms with van der Waals surface area (Å²) in [5.41, 5.74) is 5.71. The van der Waals surface area contributed by atoms with E-state index in [0.717, 1.165) is 25.0 Å². The molecule has 1 aromatic carbocycles. The Morgan fingerprint density at radius 1 is 1.29 bits per heavy atom. The summed E-state index contributed by atoms with van der Waals surface area (Å²) >= 11 is 0. The highest BCUT2D eigenvalue weighted by molar-refractivity contribution is 5.38. The third-order valence-corrected chi connectivity index (χ3v) is 3.01. The van der Waals surface area contributed by atoms with Gasteiger partial charge >= 0.3 is 6.18 Å². The molecule has 0 spiro atoms. The van der Waals surface area contributed by atoms with E-state index in [1.54, 1.807) is 6.07 Å². The van der Waals surface area contributed by atoms with Crippen molar-refractivity contribution >= 4 is 0 Å². The predicted molar refractivity (Wildman–Crippen MR) is 57.6 cm³/mol. The van der Waals surface area contributed by atoms with Crippen LogP contribution in [0.15, 0.2) is 18.2 Å². The third kappa shape index (κ3) is 2.72.